The van der Waals surface area contributed by atoms with E-state index in [9.17, 15) is 4.79 Å². The van der Waals surface area contributed by atoms with E-state index in [0.29, 0.717) is 11.6 Å². The molecule has 4 nitrogen and oxygen atoms in total. The summed E-state index contributed by atoms with van der Waals surface area (Å²) in [5.41, 5.74) is -0.253. The number of fused-ring (bicyclic) bond motifs is 1. The molecule has 0 radical (unpaired) electrons. The van der Waals surface area contributed by atoms with Gasteiger partial charge in [0.05, 0.1) is 0 Å². The summed E-state index contributed by atoms with van der Waals surface area (Å²) in [4.78, 5) is 15.6. The van der Waals surface area contributed by atoms with E-state index in [-0.39, 0.29) is 5.91 Å². The largest absolute Gasteiger partial charge is 0.460 e. The molecule has 0 spiro atoms. The average Bonchev–Trinajstić information content (AvgIpc) is 2.08. The van der Waals surface area contributed by atoms with Crippen LogP contribution >= 0.6 is 15.9 Å². The topological polar surface area (TPSA) is 51.2 Å². The van der Waals surface area contributed by atoms with Crippen molar-refractivity contribution in [2.24, 2.45) is 0 Å². The normalized spacial score (nSPS) is 18.1. The molecule has 1 amide bonds. The second kappa shape index (κ2) is 2.95. The number of ether oxygens (including phenoxy) is 1. The molecule has 0 aliphatic carbocycles. The third kappa shape index (κ3) is 1.48. The number of anilines is 1. The van der Waals surface area contributed by atoms with Crippen LogP contribution in [0.1, 0.15) is 13.8 Å². The summed E-state index contributed by atoms with van der Waals surface area (Å²) >= 11 is 3.27. The number of nitrogens with zero attached hydrogens (tertiary/aromatic N) is 1. The zero-order chi connectivity index (χ0) is 10.3. The first kappa shape index (κ1) is 9.45. The maximum absolute atomic E-state index is 11.5. The SMILES string of the molecule is CC1(C)Oc2ncc(Br)cc2NC1=O. The van der Waals surface area contributed by atoms with Gasteiger partial charge in [0.2, 0.25) is 5.88 Å². The number of pyridine rings is 1. The molecular formula is C9H9BrN2O2. The van der Waals surface area contributed by atoms with E-state index in [1.807, 2.05) is 0 Å². The van der Waals surface area contributed by atoms with Crippen LogP contribution in [0.5, 0.6) is 5.88 Å². The molecule has 0 saturated carbocycles. The third-order valence-electron chi connectivity index (χ3n) is 1.96. The van der Waals surface area contributed by atoms with Gasteiger partial charge < -0.3 is 10.1 Å². The molecule has 0 bridgehead atoms. The molecule has 0 saturated heterocycles. The zero-order valence-corrected chi connectivity index (χ0v) is 9.38. The van der Waals surface area contributed by atoms with Gasteiger partial charge in [-0.2, -0.15) is 0 Å². The lowest BCUT2D eigenvalue weighted by Crippen LogP contribution is -2.45. The van der Waals surface area contributed by atoms with Crippen molar-refractivity contribution in [3.63, 3.8) is 0 Å². The minimum atomic E-state index is -0.853. The number of nitrogens with one attached hydrogen (secondary N) is 1. The van der Waals surface area contributed by atoms with Crippen molar-refractivity contribution in [1.29, 1.82) is 0 Å². The molecule has 2 heterocycles. The van der Waals surface area contributed by atoms with Crippen molar-refractivity contribution >= 4 is 27.5 Å². The first-order valence-corrected chi connectivity index (χ1v) is 4.94. The van der Waals surface area contributed by atoms with E-state index >= 15 is 0 Å². The van der Waals surface area contributed by atoms with Crippen LogP contribution < -0.4 is 10.1 Å². The van der Waals surface area contributed by atoms with Crippen molar-refractivity contribution in [1.82, 2.24) is 4.98 Å². The molecule has 1 N–H and O–H groups in total. The number of aromatic nitrogens is 1. The summed E-state index contributed by atoms with van der Waals surface area (Å²) in [6, 6.07) is 1.76. The summed E-state index contributed by atoms with van der Waals surface area (Å²) in [6.45, 7) is 3.41. The molecule has 5 heteroatoms. The predicted molar refractivity (Wildman–Crippen MR) is 55.3 cm³/mol. The molecule has 1 aromatic heterocycles. The van der Waals surface area contributed by atoms with Gasteiger partial charge in [0, 0.05) is 10.7 Å². The molecule has 0 unspecified atom stereocenters. The number of halogens is 1. The molecular weight excluding hydrogens is 248 g/mol. The van der Waals surface area contributed by atoms with Crippen molar-refractivity contribution < 1.29 is 9.53 Å². The number of hydrogen-bond donors (Lipinski definition) is 1. The Bertz CT molecular complexity index is 404. The van der Waals surface area contributed by atoms with Crippen LogP contribution in [0.2, 0.25) is 0 Å². The fraction of sp³-hybridized carbons (Fsp3) is 0.333. The van der Waals surface area contributed by atoms with Crippen molar-refractivity contribution in [2.45, 2.75) is 19.4 Å². The van der Waals surface area contributed by atoms with Crippen LogP contribution in [-0.4, -0.2) is 16.5 Å². The Labute approximate surface area is 89.8 Å². The second-order valence-corrected chi connectivity index (χ2v) is 4.49. The molecule has 0 fully saturated rings. The fourth-order valence-corrected chi connectivity index (χ4v) is 1.49. The van der Waals surface area contributed by atoms with Gasteiger partial charge in [0.1, 0.15) is 5.69 Å². The van der Waals surface area contributed by atoms with Gasteiger partial charge in [0.25, 0.3) is 5.91 Å². The van der Waals surface area contributed by atoms with Gasteiger partial charge in [-0.05, 0) is 35.8 Å². The van der Waals surface area contributed by atoms with Gasteiger partial charge in [0.15, 0.2) is 5.60 Å². The molecule has 74 valence electrons. The van der Waals surface area contributed by atoms with Gasteiger partial charge in [-0.1, -0.05) is 0 Å². The molecule has 1 aromatic rings. The van der Waals surface area contributed by atoms with E-state index in [2.05, 4.69) is 26.2 Å². The summed E-state index contributed by atoms with van der Waals surface area (Å²) < 4.78 is 6.25. The molecule has 0 aromatic carbocycles. The van der Waals surface area contributed by atoms with E-state index in [0.717, 1.165) is 4.47 Å². The highest BCUT2D eigenvalue weighted by Crippen LogP contribution is 2.32. The van der Waals surface area contributed by atoms with Crippen LogP contribution in [0.4, 0.5) is 5.69 Å². The fourth-order valence-electron chi connectivity index (χ4n) is 1.16. The predicted octanol–water partition coefficient (Wildman–Crippen LogP) is 1.95. The minimum absolute atomic E-state index is 0.162. The number of carbonyl (C=O) groups excluding carboxylic acids is 1. The van der Waals surface area contributed by atoms with Crippen LogP contribution in [0.15, 0.2) is 16.7 Å². The molecule has 2 rings (SSSR count). The maximum atomic E-state index is 11.5. The van der Waals surface area contributed by atoms with E-state index in [1.165, 1.54) is 0 Å². The Hall–Kier alpha value is -1.10. The lowest BCUT2D eigenvalue weighted by atomic mass is 10.1. The van der Waals surface area contributed by atoms with Crippen LogP contribution in [0.25, 0.3) is 0 Å². The summed E-state index contributed by atoms with van der Waals surface area (Å²) in [5, 5.41) is 2.73. The van der Waals surface area contributed by atoms with Gasteiger partial charge in [-0.15, -0.1) is 0 Å². The van der Waals surface area contributed by atoms with E-state index in [1.54, 1.807) is 26.1 Å². The molecule has 1 aliphatic rings. The number of carbonyl (C=O) groups is 1. The van der Waals surface area contributed by atoms with E-state index in [4.69, 9.17) is 4.74 Å². The Morgan fingerprint density at radius 1 is 1.57 bits per heavy atom. The van der Waals surface area contributed by atoms with E-state index < -0.39 is 5.60 Å². The Balaban J connectivity index is 2.46. The van der Waals surface area contributed by atoms with Crippen LogP contribution in [0.3, 0.4) is 0 Å². The highest BCUT2D eigenvalue weighted by Gasteiger charge is 2.36. The Morgan fingerprint density at radius 2 is 2.29 bits per heavy atom. The van der Waals surface area contributed by atoms with Crippen molar-refractivity contribution in [3.05, 3.63) is 16.7 Å². The van der Waals surface area contributed by atoms with Crippen LogP contribution in [0, 0.1) is 0 Å². The first-order valence-electron chi connectivity index (χ1n) is 4.15. The van der Waals surface area contributed by atoms with Crippen molar-refractivity contribution in [3.8, 4) is 5.88 Å². The third-order valence-corrected chi connectivity index (χ3v) is 2.40. The highest BCUT2D eigenvalue weighted by molar-refractivity contribution is 9.10. The minimum Gasteiger partial charge on any atom is -0.460 e. The zero-order valence-electron chi connectivity index (χ0n) is 7.80. The maximum Gasteiger partial charge on any atom is 0.268 e. The Kier molecular flexibility index (Phi) is 1.99. The van der Waals surface area contributed by atoms with Gasteiger partial charge in [-0.25, -0.2) is 4.98 Å². The number of amides is 1. The lowest BCUT2D eigenvalue weighted by molar-refractivity contribution is -0.129. The Morgan fingerprint density at radius 3 is 3.00 bits per heavy atom. The summed E-state index contributed by atoms with van der Waals surface area (Å²) in [7, 11) is 0. The first-order chi connectivity index (χ1) is 6.49. The monoisotopic (exact) mass is 256 g/mol. The molecule has 0 atom stereocenters. The van der Waals surface area contributed by atoms with Crippen molar-refractivity contribution in [2.75, 3.05) is 5.32 Å². The lowest BCUT2D eigenvalue weighted by Gasteiger charge is -2.30. The average molecular weight is 257 g/mol. The number of hydrogen-bond acceptors (Lipinski definition) is 3. The van der Waals surface area contributed by atoms with Gasteiger partial charge in [-0.3, -0.25) is 4.79 Å². The summed E-state index contributed by atoms with van der Waals surface area (Å²) in [5.74, 6) is 0.294. The smallest absolute Gasteiger partial charge is 0.268 e. The van der Waals surface area contributed by atoms with Crippen LogP contribution in [-0.2, 0) is 4.79 Å². The highest BCUT2D eigenvalue weighted by atomic mass is 79.9. The summed E-state index contributed by atoms with van der Waals surface area (Å²) in [6.07, 6.45) is 1.63. The molecule has 1 aliphatic heterocycles. The second-order valence-electron chi connectivity index (χ2n) is 3.57. The standard InChI is InChI=1S/C9H9BrN2O2/c1-9(2)8(13)12-6-3-5(10)4-11-7(6)14-9/h3-4H,1-2H3,(H,12,13). The molecule has 14 heavy (non-hydrogen) atoms. The van der Waals surface area contributed by atoms with Gasteiger partial charge >= 0.3 is 0 Å². The quantitative estimate of drug-likeness (QED) is 0.772. The number of rotatable bonds is 0.